The first-order valence-corrected chi connectivity index (χ1v) is 24.4. The number of primary amides is 3. The van der Waals surface area contributed by atoms with Crippen LogP contribution in [0.1, 0.15) is 91.0 Å². The molecule has 1 aromatic carbocycles. The second kappa shape index (κ2) is 27.4. The lowest BCUT2D eigenvalue weighted by Crippen LogP contribution is -2.61. The minimum absolute atomic E-state index is 0.0552. The second-order valence-electron chi connectivity index (χ2n) is 17.4. The molecule has 1 aliphatic heterocycles. The van der Waals surface area contributed by atoms with Gasteiger partial charge in [-0.15, -0.1) is 0 Å². The lowest BCUT2D eigenvalue weighted by molar-refractivity contribution is -0.141. The zero-order valence-corrected chi connectivity index (χ0v) is 40.2. The van der Waals surface area contributed by atoms with Crippen LogP contribution >= 0.6 is 0 Å². The van der Waals surface area contributed by atoms with Gasteiger partial charge < -0.3 is 64.4 Å². The van der Waals surface area contributed by atoms with Crippen LogP contribution in [-0.4, -0.2) is 146 Å². The van der Waals surface area contributed by atoms with Gasteiger partial charge >= 0.3 is 0 Å². The van der Waals surface area contributed by atoms with E-state index >= 15 is 0 Å². The molecule has 9 atom stereocenters. The molecule has 1 aromatic rings. The normalized spacial score (nSPS) is 23.4. The van der Waals surface area contributed by atoms with Gasteiger partial charge in [0.1, 0.15) is 42.0 Å². The fourth-order valence-corrected chi connectivity index (χ4v) is 8.34. The van der Waals surface area contributed by atoms with E-state index in [0.717, 1.165) is 0 Å². The van der Waals surface area contributed by atoms with Crippen molar-refractivity contribution < 1.29 is 62.1 Å². The molecule has 1 heterocycles. The zero-order valence-electron chi connectivity index (χ0n) is 39.3. The average molecular weight is 990 g/mol. The maximum atomic E-state index is 14.5. The number of carbonyl (C=O) groups excluding carboxylic acids is 11. The van der Waals surface area contributed by atoms with E-state index in [1.165, 1.54) is 29.2 Å². The number of phenolic OH excluding ortho intramolecular Hbond substituents is 1. The van der Waals surface area contributed by atoms with Gasteiger partial charge in [0.15, 0.2) is 0 Å². The summed E-state index contributed by atoms with van der Waals surface area (Å²) < 4.78 is 13.5. The minimum Gasteiger partial charge on any atom is -0.508 e. The molecule has 382 valence electrons. The quantitative estimate of drug-likeness (QED) is 0.0635. The molecule has 14 N–H and O–H groups in total. The number of aromatic hydroxyl groups is 1. The van der Waals surface area contributed by atoms with E-state index in [2.05, 4.69) is 37.2 Å². The number of nitrogens with two attached hydrogens (primary N) is 3. The zero-order chi connectivity index (χ0) is 51.5. The summed E-state index contributed by atoms with van der Waals surface area (Å²) in [6.45, 7) is 5.75. The number of rotatable bonds is 19. The summed E-state index contributed by atoms with van der Waals surface area (Å²) in [5, 5.41) is 27.5. The molecule has 2 fully saturated rings. The van der Waals surface area contributed by atoms with Crippen molar-refractivity contribution in [1.82, 2.24) is 42.1 Å². The number of phenols is 1. The fraction of sp³-hybridized carbons (Fsp3) is 0.614. The summed E-state index contributed by atoms with van der Waals surface area (Å²) in [6, 6.07) is -3.42. The van der Waals surface area contributed by atoms with E-state index in [1.54, 1.807) is 27.7 Å². The number of hydrogen-bond donors (Lipinski definition) is 11. The van der Waals surface area contributed by atoms with Crippen molar-refractivity contribution in [2.45, 2.75) is 134 Å². The number of nitrogens with zero attached hydrogens (tertiary/aromatic N) is 1. The van der Waals surface area contributed by atoms with Gasteiger partial charge in [-0.05, 0) is 55.2 Å². The van der Waals surface area contributed by atoms with Crippen molar-refractivity contribution in [1.29, 1.82) is 0 Å². The van der Waals surface area contributed by atoms with Crippen LogP contribution in [0.2, 0.25) is 0 Å². The Kier molecular flexibility index (Phi) is 22.5. The largest absolute Gasteiger partial charge is 0.508 e. The molecule has 2 aliphatic rings. The van der Waals surface area contributed by atoms with Crippen LogP contribution in [0.5, 0.6) is 5.75 Å². The Hall–Kier alpha value is -6.66. The first-order valence-electron chi connectivity index (χ1n) is 22.9. The Morgan fingerprint density at radius 3 is 1.97 bits per heavy atom. The minimum atomic E-state index is -1.86. The number of amides is 11. The molecule has 0 aromatic heterocycles. The summed E-state index contributed by atoms with van der Waals surface area (Å²) in [4.78, 5) is 147. The SMILES string of the molecule is CC[C@H](C)[C@H](NC(=O)CN(C(=O)[C@@H]1CCS(=O)CCC(=O)N[C@@H](Cc2ccc(O)cc2)C(=O)N[C@@H]([C@@H](C)CC)C(=O)N[C@@H](CCC(N)=O)C(=O)N[C@@H](CC(N)=O)C(=O)N1)C1CC1)C(=O)NCC(N)=O. The van der Waals surface area contributed by atoms with Crippen molar-refractivity contribution in [3.05, 3.63) is 29.8 Å². The summed E-state index contributed by atoms with van der Waals surface area (Å²) in [5.74, 6) is -11.3. The van der Waals surface area contributed by atoms with Crippen molar-refractivity contribution in [3.8, 4) is 5.75 Å². The Balaban J connectivity index is 2.06. The summed E-state index contributed by atoms with van der Waals surface area (Å²) in [5.41, 5.74) is 16.6. The van der Waals surface area contributed by atoms with Gasteiger partial charge in [-0.2, -0.15) is 0 Å². The lowest BCUT2D eigenvalue weighted by Gasteiger charge is -2.31. The van der Waals surface area contributed by atoms with E-state index in [0.29, 0.717) is 31.2 Å². The van der Waals surface area contributed by atoms with Crippen LogP contribution in [0.4, 0.5) is 0 Å². The number of hydrogen-bond acceptors (Lipinski definition) is 13. The predicted molar refractivity (Wildman–Crippen MR) is 249 cm³/mol. The monoisotopic (exact) mass is 989 g/mol. The van der Waals surface area contributed by atoms with Crippen LogP contribution in [-0.2, 0) is 70.0 Å². The highest BCUT2D eigenvalue weighted by atomic mass is 32.2. The molecule has 1 saturated carbocycles. The standard InChI is InChI=1S/C44H67N11O13S/c1-5-23(3)37(42(65)48-21-34(47)59)53-36(61)22-55(26-9-10-26)44(67)29-15-17-69(68)18-16-35(60)49-30(19-25-7-11-27(56)12-8-25)41(64)54-38(24(4)6-2)43(66)50-28(13-14-32(45)57)39(62)52-31(20-33(46)58)40(63)51-29/h7-8,11-12,23-24,26,28-31,37-38,56H,5-6,9-10,13-22H2,1-4H3,(H2,45,57)(H2,46,58)(H2,47,59)(H,48,65)(H,49,60)(H,50,66)(H,51,63)(H,52,62)(H,53,61)(H,54,64)/t23-,24-,28-,29-,30-,31-,37-,38-,69?/m0/s1. The van der Waals surface area contributed by atoms with Gasteiger partial charge in [-0.3, -0.25) is 56.9 Å². The van der Waals surface area contributed by atoms with Crippen LogP contribution in [0.25, 0.3) is 0 Å². The van der Waals surface area contributed by atoms with Crippen molar-refractivity contribution >= 4 is 75.8 Å². The van der Waals surface area contributed by atoms with E-state index in [-0.39, 0.29) is 36.5 Å². The highest BCUT2D eigenvalue weighted by Gasteiger charge is 2.40. The van der Waals surface area contributed by atoms with E-state index in [4.69, 9.17) is 17.2 Å². The topological polar surface area (TPSA) is 391 Å². The molecule has 69 heavy (non-hydrogen) atoms. The van der Waals surface area contributed by atoms with Crippen LogP contribution in [0.3, 0.4) is 0 Å². The molecule has 0 spiro atoms. The molecule has 11 amide bonds. The molecule has 1 unspecified atom stereocenters. The average Bonchev–Trinajstić information content (AvgIpc) is 4.14. The van der Waals surface area contributed by atoms with Gasteiger partial charge in [0.05, 0.1) is 19.5 Å². The van der Waals surface area contributed by atoms with Gasteiger partial charge in [-0.25, -0.2) is 0 Å². The summed E-state index contributed by atoms with van der Waals surface area (Å²) in [7, 11) is -1.86. The number of benzene rings is 1. The molecular formula is C44H67N11O13S. The van der Waals surface area contributed by atoms with Gasteiger partial charge in [0.25, 0.3) is 0 Å². The number of carbonyl (C=O) groups is 11. The van der Waals surface area contributed by atoms with E-state index < -0.39 is 162 Å². The third kappa shape index (κ3) is 19.1. The smallest absolute Gasteiger partial charge is 0.245 e. The molecule has 0 radical (unpaired) electrons. The molecule has 24 nitrogen and oxygen atoms in total. The predicted octanol–water partition coefficient (Wildman–Crippen LogP) is -3.79. The molecule has 3 rings (SSSR count). The Bertz CT molecular complexity index is 2090. The first-order chi connectivity index (χ1) is 32.5. The highest BCUT2D eigenvalue weighted by Crippen LogP contribution is 2.28. The maximum Gasteiger partial charge on any atom is 0.245 e. The molecule has 1 aliphatic carbocycles. The van der Waals surface area contributed by atoms with Gasteiger partial charge in [0, 0.05) is 47.6 Å². The second-order valence-corrected chi connectivity index (χ2v) is 19.1. The lowest BCUT2D eigenvalue weighted by atomic mass is 9.96. The Morgan fingerprint density at radius 2 is 1.39 bits per heavy atom. The third-order valence-corrected chi connectivity index (χ3v) is 13.2. The van der Waals surface area contributed by atoms with E-state index in [1.807, 2.05) is 0 Å². The summed E-state index contributed by atoms with van der Waals surface area (Å²) >= 11 is 0. The first kappa shape index (κ1) is 56.7. The van der Waals surface area contributed by atoms with Crippen LogP contribution in [0, 0.1) is 11.8 Å². The van der Waals surface area contributed by atoms with Crippen molar-refractivity contribution in [3.63, 3.8) is 0 Å². The van der Waals surface area contributed by atoms with Crippen molar-refractivity contribution in [2.24, 2.45) is 29.0 Å². The molecule has 0 bridgehead atoms. The van der Waals surface area contributed by atoms with Crippen LogP contribution < -0.4 is 54.4 Å². The van der Waals surface area contributed by atoms with Gasteiger partial charge in [-0.1, -0.05) is 52.7 Å². The third-order valence-electron chi connectivity index (χ3n) is 11.8. The molecule has 1 saturated heterocycles. The fourth-order valence-electron chi connectivity index (χ4n) is 7.22. The maximum absolute atomic E-state index is 14.5. The molecule has 25 heteroatoms. The van der Waals surface area contributed by atoms with Crippen LogP contribution in [0.15, 0.2) is 24.3 Å². The van der Waals surface area contributed by atoms with E-state index in [9.17, 15) is 62.1 Å². The number of nitrogens with one attached hydrogen (secondary N) is 7. The van der Waals surface area contributed by atoms with Gasteiger partial charge in [0.2, 0.25) is 65.0 Å². The summed E-state index contributed by atoms with van der Waals surface area (Å²) in [6.07, 6.45) is -0.847. The van der Waals surface area contributed by atoms with Crippen molar-refractivity contribution in [2.75, 3.05) is 24.6 Å². The molecular weight excluding hydrogens is 923 g/mol. The Labute approximate surface area is 402 Å². The highest BCUT2D eigenvalue weighted by molar-refractivity contribution is 7.85. The Morgan fingerprint density at radius 1 is 0.768 bits per heavy atom.